The van der Waals surface area contributed by atoms with Crippen LogP contribution in [0.1, 0.15) is 69.5 Å². The number of amides is 1. The molecule has 0 aromatic carbocycles. The summed E-state index contributed by atoms with van der Waals surface area (Å²) in [6, 6.07) is 3.93. The van der Waals surface area contributed by atoms with Gasteiger partial charge in [0.1, 0.15) is 11.9 Å². The van der Waals surface area contributed by atoms with Gasteiger partial charge in [-0.05, 0) is 38.2 Å². The Bertz CT molecular complexity index is 710. The van der Waals surface area contributed by atoms with Gasteiger partial charge in [0.25, 0.3) is 5.56 Å². The summed E-state index contributed by atoms with van der Waals surface area (Å²) >= 11 is 0. The summed E-state index contributed by atoms with van der Waals surface area (Å²) in [5.41, 5.74) is 0.997. The second kappa shape index (κ2) is 7.45. The number of hydrogen-bond acceptors (Lipinski definition) is 3. The van der Waals surface area contributed by atoms with Gasteiger partial charge in [-0.25, -0.2) is 0 Å². The number of hydrogen-bond donors (Lipinski definition) is 0. The molecule has 1 aliphatic heterocycles. The van der Waals surface area contributed by atoms with Crippen LogP contribution in [-0.2, 0) is 4.79 Å². The average Bonchev–Trinajstić information content (AvgIpc) is 3.41. The van der Waals surface area contributed by atoms with Crippen molar-refractivity contribution in [3.63, 3.8) is 0 Å². The van der Waals surface area contributed by atoms with Crippen LogP contribution in [0.25, 0.3) is 0 Å². The van der Waals surface area contributed by atoms with Crippen molar-refractivity contribution in [2.75, 3.05) is 13.1 Å². The second-order valence-corrected chi connectivity index (χ2v) is 8.35. The second-order valence-electron chi connectivity index (χ2n) is 8.35. The predicted octanol–water partition coefficient (Wildman–Crippen LogP) is 3.44. The van der Waals surface area contributed by atoms with E-state index in [9.17, 15) is 9.59 Å². The number of aryl methyl sites for hydroxylation is 1. The van der Waals surface area contributed by atoms with Gasteiger partial charge in [0.15, 0.2) is 0 Å². The van der Waals surface area contributed by atoms with Crippen molar-refractivity contribution in [2.45, 2.75) is 76.9 Å². The van der Waals surface area contributed by atoms with E-state index in [0.29, 0.717) is 31.3 Å². The van der Waals surface area contributed by atoms with Gasteiger partial charge in [-0.3, -0.25) is 9.59 Å². The first-order chi connectivity index (χ1) is 12.6. The van der Waals surface area contributed by atoms with E-state index in [1.807, 2.05) is 22.5 Å². The Balaban J connectivity index is 1.23. The molecule has 1 amide bonds. The number of nitrogens with zero attached hydrogens (tertiary/aromatic N) is 2. The zero-order valence-electron chi connectivity index (χ0n) is 15.8. The summed E-state index contributed by atoms with van der Waals surface area (Å²) in [4.78, 5) is 26.5. The van der Waals surface area contributed by atoms with E-state index in [4.69, 9.17) is 4.74 Å². The van der Waals surface area contributed by atoms with Crippen molar-refractivity contribution < 1.29 is 9.53 Å². The average molecular weight is 358 g/mol. The van der Waals surface area contributed by atoms with Gasteiger partial charge in [0, 0.05) is 24.2 Å². The first kappa shape index (κ1) is 17.6. The zero-order chi connectivity index (χ0) is 18.1. The molecule has 5 nitrogen and oxygen atoms in total. The maximum atomic E-state index is 12.3. The molecule has 0 bridgehead atoms. The molecule has 1 aromatic rings. The number of carbonyl (C=O) groups is 1. The predicted molar refractivity (Wildman–Crippen MR) is 101 cm³/mol. The van der Waals surface area contributed by atoms with Gasteiger partial charge in [0.05, 0.1) is 13.1 Å². The van der Waals surface area contributed by atoms with E-state index in [-0.39, 0.29) is 17.6 Å². The molecule has 3 aliphatic rings. The Labute approximate surface area is 155 Å². The van der Waals surface area contributed by atoms with Crippen LogP contribution in [0.5, 0.6) is 5.75 Å². The number of rotatable bonds is 6. The van der Waals surface area contributed by atoms with Crippen LogP contribution < -0.4 is 10.3 Å². The monoisotopic (exact) mass is 358 g/mol. The highest BCUT2D eigenvalue weighted by atomic mass is 16.5. The molecule has 3 fully saturated rings. The van der Waals surface area contributed by atoms with Crippen LogP contribution in [0.3, 0.4) is 0 Å². The van der Waals surface area contributed by atoms with E-state index in [0.717, 1.165) is 30.9 Å². The molecule has 26 heavy (non-hydrogen) atoms. The molecular weight excluding hydrogens is 328 g/mol. The normalized spacial score (nSPS) is 21.5. The molecule has 0 unspecified atom stereocenters. The van der Waals surface area contributed by atoms with Crippen LogP contribution in [0.2, 0.25) is 0 Å². The van der Waals surface area contributed by atoms with Gasteiger partial charge >= 0.3 is 0 Å². The lowest BCUT2D eigenvalue weighted by Crippen LogP contribution is -2.56. The Kier molecular flexibility index (Phi) is 5.05. The molecule has 1 aromatic heterocycles. The topological polar surface area (TPSA) is 51.5 Å². The van der Waals surface area contributed by atoms with Crippen LogP contribution in [0.4, 0.5) is 0 Å². The van der Waals surface area contributed by atoms with Crippen LogP contribution >= 0.6 is 0 Å². The van der Waals surface area contributed by atoms with Crippen LogP contribution in [-0.4, -0.2) is 34.6 Å². The summed E-state index contributed by atoms with van der Waals surface area (Å²) in [6.07, 6.45) is 10.5. The number of ether oxygens (including phenoxy) is 1. The summed E-state index contributed by atoms with van der Waals surface area (Å²) in [6.45, 7) is 3.26. The first-order valence-electron chi connectivity index (χ1n) is 10.3. The standard InChI is InChI=1S/C21H30N2O3/c1-15-11-18(12-21(25)23(15)17-8-9-17)26-19-13-22(14-19)20(24)10-7-16-5-3-2-4-6-16/h11-12,16-17,19H,2-10,13-14H2,1H3. The molecule has 2 aliphatic carbocycles. The van der Waals surface area contributed by atoms with Crippen LogP contribution in [0.15, 0.2) is 16.9 Å². The SMILES string of the molecule is Cc1cc(OC2CN(C(=O)CCC3CCCCC3)C2)cc(=O)n1C1CC1. The molecule has 4 rings (SSSR count). The Morgan fingerprint density at radius 3 is 2.50 bits per heavy atom. The van der Waals surface area contributed by atoms with E-state index in [1.54, 1.807) is 6.07 Å². The minimum Gasteiger partial charge on any atom is -0.486 e. The van der Waals surface area contributed by atoms with E-state index in [2.05, 4.69) is 0 Å². The molecule has 0 spiro atoms. The minimum absolute atomic E-state index is 0.0178. The third-order valence-electron chi connectivity index (χ3n) is 6.14. The van der Waals surface area contributed by atoms with Crippen LogP contribution in [0, 0.1) is 12.8 Å². The maximum Gasteiger partial charge on any atom is 0.254 e. The molecule has 0 atom stereocenters. The molecular formula is C21H30N2O3. The molecule has 0 N–H and O–H groups in total. The lowest BCUT2D eigenvalue weighted by Gasteiger charge is -2.39. The van der Waals surface area contributed by atoms with Crippen molar-refractivity contribution in [2.24, 2.45) is 5.92 Å². The quantitative estimate of drug-likeness (QED) is 0.783. The highest BCUT2D eigenvalue weighted by molar-refractivity contribution is 5.77. The maximum absolute atomic E-state index is 12.3. The Hall–Kier alpha value is -1.78. The summed E-state index contributed by atoms with van der Waals surface area (Å²) in [7, 11) is 0. The third-order valence-corrected chi connectivity index (χ3v) is 6.14. The largest absolute Gasteiger partial charge is 0.486 e. The van der Waals surface area contributed by atoms with Gasteiger partial charge in [-0.15, -0.1) is 0 Å². The fourth-order valence-corrected chi connectivity index (χ4v) is 4.42. The lowest BCUT2D eigenvalue weighted by molar-refractivity contribution is -0.140. The fourth-order valence-electron chi connectivity index (χ4n) is 4.42. The molecule has 1 saturated heterocycles. The fraction of sp³-hybridized carbons (Fsp3) is 0.714. The highest BCUT2D eigenvalue weighted by Crippen LogP contribution is 2.35. The van der Waals surface area contributed by atoms with Gasteiger partial charge in [-0.2, -0.15) is 0 Å². The molecule has 142 valence electrons. The zero-order valence-corrected chi connectivity index (χ0v) is 15.8. The van der Waals surface area contributed by atoms with Gasteiger partial charge in [0.2, 0.25) is 5.91 Å². The number of aromatic nitrogens is 1. The van der Waals surface area contributed by atoms with Gasteiger partial charge in [-0.1, -0.05) is 32.1 Å². The smallest absolute Gasteiger partial charge is 0.254 e. The number of carbonyl (C=O) groups excluding carboxylic acids is 1. The minimum atomic E-state index is 0.0178. The van der Waals surface area contributed by atoms with Crippen molar-refractivity contribution in [3.8, 4) is 5.75 Å². The lowest BCUT2D eigenvalue weighted by atomic mass is 9.86. The van der Waals surface area contributed by atoms with Gasteiger partial charge < -0.3 is 14.2 Å². The molecule has 0 radical (unpaired) electrons. The Morgan fingerprint density at radius 1 is 1.12 bits per heavy atom. The number of pyridine rings is 1. The van der Waals surface area contributed by atoms with E-state index in [1.165, 1.54) is 32.1 Å². The van der Waals surface area contributed by atoms with E-state index >= 15 is 0 Å². The summed E-state index contributed by atoms with van der Waals surface area (Å²) in [5, 5.41) is 0. The first-order valence-corrected chi connectivity index (χ1v) is 10.3. The number of likely N-dealkylation sites (tertiary alicyclic amines) is 1. The summed E-state index contributed by atoms with van der Waals surface area (Å²) in [5.74, 6) is 1.65. The van der Waals surface area contributed by atoms with Crippen molar-refractivity contribution >= 4 is 5.91 Å². The Morgan fingerprint density at radius 2 is 1.85 bits per heavy atom. The molecule has 5 heteroatoms. The van der Waals surface area contributed by atoms with Crippen molar-refractivity contribution in [3.05, 3.63) is 28.2 Å². The molecule has 2 heterocycles. The van der Waals surface area contributed by atoms with E-state index < -0.39 is 0 Å². The van der Waals surface area contributed by atoms with Crippen molar-refractivity contribution in [1.82, 2.24) is 9.47 Å². The highest BCUT2D eigenvalue weighted by Gasteiger charge is 2.33. The van der Waals surface area contributed by atoms with Crippen molar-refractivity contribution in [1.29, 1.82) is 0 Å². The molecule has 2 saturated carbocycles. The summed E-state index contributed by atoms with van der Waals surface area (Å²) < 4.78 is 7.80. The third kappa shape index (κ3) is 3.97.